The summed E-state index contributed by atoms with van der Waals surface area (Å²) < 4.78 is 26.1. The van der Waals surface area contributed by atoms with E-state index in [-0.39, 0.29) is 11.3 Å². The molecule has 0 spiro atoms. The zero-order valence-electron chi connectivity index (χ0n) is 10.1. The van der Waals surface area contributed by atoms with Crippen LogP contribution in [0.4, 0.5) is 8.78 Å². The summed E-state index contributed by atoms with van der Waals surface area (Å²) in [5, 5.41) is 9.56. The predicted molar refractivity (Wildman–Crippen MR) is 67.6 cm³/mol. The molecule has 0 aliphatic rings. The Hall–Kier alpha value is -1.82. The van der Waals surface area contributed by atoms with E-state index in [0.717, 1.165) is 17.4 Å². The molecule has 0 atom stereocenters. The quantitative estimate of drug-likeness (QED) is 0.936. The molecule has 100 valence electrons. The molecule has 2 aromatic rings. The average molecular weight is 283 g/mol. The first-order chi connectivity index (χ1) is 8.99. The number of aryl methyl sites for hydroxylation is 1. The van der Waals surface area contributed by atoms with E-state index in [4.69, 9.17) is 5.11 Å². The highest BCUT2D eigenvalue weighted by atomic mass is 32.1. The number of rotatable bonds is 4. The minimum Gasteiger partial charge on any atom is -0.477 e. The maximum Gasteiger partial charge on any atom is 0.347 e. The van der Waals surface area contributed by atoms with Crippen molar-refractivity contribution in [1.82, 2.24) is 4.98 Å². The van der Waals surface area contributed by atoms with E-state index in [1.165, 1.54) is 12.1 Å². The van der Waals surface area contributed by atoms with Crippen LogP contribution in [0.15, 0.2) is 18.2 Å². The van der Waals surface area contributed by atoms with Gasteiger partial charge in [-0.1, -0.05) is 6.92 Å². The normalized spacial score (nSPS) is 10.7. The second kappa shape index (κ2) is 5.44. The van der Waals surface area contributed by atoms with Crippen molar-refractivity contribution in [2.75, 3.05) is 0 Å². The lowest BCUT2D eigenvalue weighted by Crippen LogP contribution is -1.97. The Bertz CT molecular complexity index is 605. The van der Waals surface area contributed by atoms with E-state index in [1.807, 2.05) is 6.92 Å². The predicted octanol–water partition coefficient (Wildman–Crippen LogP) is 3.27. The first-order valence-electron chi connectivity index (χ1n) is 5.66. The fourth-order valence-corrected chi connectivity index (χ4v) is 2.80. The summed E-state index contributed by atoms with van der Waals surface area (Å²) in [6.07, 6.45) is 0.731. The van der Waals surface area contributed by atoms with Crippen LogP contribution >= 0.6 is 11.3 Å². The molecule has 0 aliphatic carbocycles. The van der Waals surface area contributed by atoms with Gasteiger partial charge in [-0.2, -0.15) is 0 Å². The Labute approximate surface area is 112 Å². The van der Waals surface area contributed by atoms with Gasteiger partial charge in [-0.3, -0.25) is 0 Å². The SMILES string of the molecule is CCc1nc(Cc2cc(F)cc(F)c2)sc1C(=O)O. The van der Waals surface area contributed by atoms with Crippen LogP contribution in [-0.2, 0) is 12.8 Å². The number of carboxylic acids is 1. The van der Waals surface area contributed by atoms with E-state index >= 15 is 0 Å². The maximum absolute atomic E-state index is 13.1. The number of carbonyl (C=O) groups is 1. The third kappa shape index (κ3) is 3.14. The number of benzene rings is 1. The number of thiazole rings is 1. The molecule has 0 fully saturated rings. The average Bonchev–Trinajstić information content (AvgIpc) is 2.70. The van der Waals surface area contributed by atoms with Crippen molar-refractivity contribution in [3.63, 3.8) is 0 Å². The first-order valence-corrected chi connectivity index (χ1v) is 6.48. The molecule has 1 heterocycles. The highest BCUT2D eigenvalue weighted by Gasteiger charge is 2.16. The van der Waals surface area contributed by atoms with E-state index in [1.54, 1.807) is 0 Å². The smallest absolute Gasteiger partial charge is 0.347 e. The van der Waals surface area contributed by atoms with Crippen LogP contribution in [0, 0.1) is 11.6 Å². The van der Waals surface area contributed by atoms with E-state index < -0.39 is 17.6 Å². The lowest BCUT2D eigenvalue weighted by Gasteiger charge is -1.99. The van der Waals surface area contributed by atoms with Crippen molar-refractivity contribution in [2.24, 2.45) is 0 Å². The van der Waals surface area contributed by atoms with Gasteiger partial charge >= 0.3 is 5.97 Å². The summed E-state index contributed by atoms with van der Waals surface area (Å²) in [5.74, 6) is -2.33. The van der Waals surface area contributed by atoms with Gasteiger partial charge in [0.1, 0.15) is 16.5 Å². The molecule has 0 radical (unpaired) electrons. The topological polar surface area (TPSA) is 50.2 Å². The summed E-state index contributed by atoms with van der Waals surface area (Å²) in [6.45, 7) is 1.81. The van der Waals surface area contributed by atoms with E-state index in [9.17, 15) is 13.6 Å². The minimum atomic E-state index is -1.02. The summed E-state index contributed by atoms with van der Waals surface area (Å²) in [7, 11) is 0. The molecule has 0 unspecified atom stereocenters. The van der Waals surface area contributed by atoms with Crippen molar-refractivity contribution in [3.8, 4) is 0 Å². The van der Waals surface area contributed by atoms with Gasteiger partial charge in [0.15, 0.2) is 0 Å². The lowest BCUT2D eigenvalue weighted by atomic mass is 10.1. The van der Waals surface area contributed by atoms with E-state index in [2.05, 4.69) is 4.98 Å². The van der Waals surface area contributed by atoms with Gasteiger partial charge in [0.05, 0.1) is 10.7 Å². The Morgan fingerprint density at radius 2 is 1.95 bits per heavy atom. The van der Waals surface area contributed by atoms with Crippen LogP contribution in [0.25, 0.3) is 0 Å². The second-order valence-electron chi connectivity index (χ2n) is 4.00. The van der Waals surface area contributed by atoms with Crippen LogP contribution in [-0.4, -0.2) is 16.1 Å². The van der Waals surface area contributed by atoms with Crippen molar-refractivity contribution >= 4 is 17.3 Å². The molecule has 0 bridgehead atoms. The number of aromatic nitrogens is 1. The summed E-state index contributed by atoms with van der Waals surface area (Å²) >= 11 is 1.04. The Morgan fingerprint density at radius 1 is 1.32 bits per heavy atom. The number of aromatic carboxylic acids is 1. The van der Waals surface area contributed by atoms with Crippen molar-refractivity contribution in [2.45, 2.75) is 19.8 Å². The molecule has 1 N–H and O–H groups in total. The van der Waals surface area contributed by atoms with Crippen LogP contribution < -0.4 is 0 Å². The van der Waals surface area contributed by atoms with Crippen LogP contribution in [0.1, 0.15) is 32.9 Å². The Balaban J connectivity index is 2.30. The summed E-state index contributed by atoms with van der Waals surface area (Å²) in [4.78, 5) is 15.4. The van der Waals surface area contributed by atoms with Crippen LogP contribution in [0.2, 0.25) is 0 Å². The Morgan fingerprint density at radius 3 is 2.42 bits per heavy atom. The van der Waals surface area contributed by atoms with Gasteiger partial charge in [0, 0.05) is 12.5 Å². The van der Waals surface area contributed by atoms with Gasteiger partial charge in [-0.25, -0.2) is 18.6 Å². The van der Waals surface area contributed by atoms with Gasteiger partial charge in [-0.15, -0.1) is 11.3 Å². The lowest BCUT2D eigenvalue weighted by molar-refractivity contribution is 0.0701. The Kier molecular flexibility index (Phi) is 3.90. The largest absolute Gasteiger partial charge is 0.477 e. The number of carboxylic acid groups (broad SMARTS) is 1. The van der Waals surface area contributed by atoms with Crippen LogP contribution in [0.3, 0.4) is 0 Å². The monoisotopic (exact) mass is 283 g/mol. The maximum atomic E-state index is 13.1. The molecule has 0 aliphatic heterocycles. The third-order valence-corrected chi connectivity index (χ3v) is 3.63. The zero-order chi connectivity index (χ0) is 14.0. The highest BCUT2D eigenvalue weighted by molar-refractivity contribution is 7.13. The van der Waals surface area contributed by atoms with Crippen molar-refractivity contribution < 1.29 is 18.7 Å². The fraction of sp³-hybridized carbons (Fsp3) is 0.231. The molecule has 1 aromatic heterocycles. The molecule has 0 saturated carbocycles. The molecule has 2 rings (SSSR count). The van der Waals surface area contributed by atoms with Gasteiger partial charge in [-0.05, 0) is 24.1 Å². The molecule has 1 aromatic carbocycles. The molecule has 3 nitrogen and oxygen atoms in total. The fourth-order valence-electron chi connectivity index (χ4n) is 1.77. The van der Waals surface area contributed by atoms with Crippen molar-refractivity contribution in [3.05, 3.63) is 51.0 Å². The standard InChI is InChI=1S/C13H11F2NO2S/c1-2-10-12(13(17)18)19-11(16-10)5-7-3-8(14)6-9(15)4-7/h3-4,6H,2,5H2,1H3,(H,17,18). The number of hydrogen-bond acceptors (Lipinski definition) is 3. The van der Waals surface area contributed by atoms with Crippen molar-refractivity contribution in [1.29, 1.82) is 0 Å². The minimum absolute atomic E-state index is 0.189. The van der Waals surface area contributed by atoms with Crippen LogP contribution in [0.5, 0.6) is 0 Å². The molecular formula is C13H11F2NO2S. The zero-order valence-corrected chi connectivity index (χ0v) is 10.9. The number of hydrogen-bond donors (Lipinski definition) is 1. The highest BCUT2D eigenvalue weighted by Crippen LogP contribution is 2.22. The molecular weight excluding hydrogens is 272 g/mol. The molecule has 6 heteroatoms. The molecule has 0 amide bonds. The van der Waals surface area contributed by atoms with E-state index in [0.29, 0.717) is 22.7 Å². The molecule has 0 saturated heterocycles. The summed E-state index contributed by atoms with van der Waals surface area (Å²) in [6, 6.07) is 3.23. The number of nitrogens with zero attached hydrogens (tertiary/aromatic N) is 1. The van der Waals surface area contributed by atoms with Gasteiger partial charge in [0.2, 0.25) is 0 Å². The van der Waals surface area contributed by atoms with Gasteiger partial charge in [0.25, 0.3) is 0 Å². The first kappa shape index (κ1) is 13.6. The van der Waals surface area contributed by atoms with Gasteiger partial charge < -0.3 is 5.11 Å². The second-order valence-corrected chi connectivity index (χ2v) is 5.08. The molecule has 19 heavy (non-hydrogen) atoms. The summed E-state index contributed by atoms with van der Waals surface area (Å²) in [5.41, 5.74) is 0.940. The number of halogens is 2. The third-order valence-electron chi connectivity index (χ3n) is 2.55.